The summed E-state index contributed by atoms with van der Waals surface area (Å²) in [5.74, 6) is -2.41. The van der Waals surface area contributed by atoms with Gasteiger partial charge in [-0.05, 0) is 42.2 Å². The van der Waals surface area contributed by atoms with Crippen LogP contribution in [0.2, 0.25) is 5.02 Å². The summed E-state index contributed by atoms with van der Waals surface area (Å²) in [5, 5.41) is 38.3. The quantitative estimate of drug-likeness (QED) is 0.225. The molecular weight excluding hydrogens is 595 g/mol. The molecule has 0 aliphatic carbocycles. The number of nitrogens with one attached hydrogen (secondary N) is 1. The number of carbonyl (C=O) groups excluding carboxylic acids is 2. The van der Waals surface area contributed by atoms with Crippen molar-refractivity contribution in [3.63, 3.8) is 0 Å². The van der Waals surface area contributed by atoms with Crippen LogP contribution in [0.15, 0.2) is 84.9 Å². The number of aliphatic hydroxyl groups excluding tert-OH is 1. The van der Waals surface area contributed by atoms with Crippen LogP contribution in [0.4, 0.5) is 5.69 Å². The molecular formula is C33H34ClN2NaO7. The number of fused-ring (bicyclic) bond motifs is 3. The number of hydrogen-bond donors (Lipinski definition) is 3. The summed E-state index contributed by atoms with van der Waals surface area (Å²) in [4.78, 5) is 27.7. The molecule has 0 bridgehead atoms. The number of aliphatic hydroxyl groups is 2. The number of ether oxygens (including phenoxy) is 2. The average Bonchev–Trinajstić information content (AvgIpc) is 3.67. The van der Waals surface area contributed by atoms with Gasteiger partial charge in [-0.3, -0.25) is 4.79 Å². The minimum atomic E-state index is -1.87. The number of epoxide rings is 1. The number of para-hydroxylation sites is 1. The van der Waals surface area contributed by atoms with Crippen molar-refractivity contribution >= 4 is 29.2 Å². The molecule has 1 amide bonds. The van der Waals surface area contributed by atoms with Crippen LogP contribution < -0.4 is 40.0 Å². The topological polar surface area (TPSA) is 135 Å². The summed E-state index contributed by atoms with van der Waals surface area (Å²) in [6.07, 6.45) is -2.04. The first-order valence-electron chi connectivity index (χ1n) is 14.5. The van der Waals surface area contributed by atoms with E-state index in [9.17, 15) is 24.9 Å². The van der Waals surface area contributed by atoms with Gasteiger partial charge < -0.3 is 34.9 Å². The zero-order valence-corrected chi connectivity index (χ0v) is 27.7. The monoisotopic (exact) mass is 628 g/mol. The summed E-state index contributed by atoms with van der Waals surface area (Å²) in [5.41, 5.74) is -5.07. The van der Waals surface area contributed by atoms with E-state index >= 15 is 0 Å². The van der Waals surface area contributed by atoms with Gasteiger partial charge in [0.1, 0.15) is 0 Å². The number of rotatable bonds is 9. The zero-order chi connectivity index (χ0) is 30.6. The molecule has 3 heterocycles. The summed E-state index contributed by atoms with van der Waals surface area (Å²) in [6.45, 7) is 3.93. The Balaban J connectivity index is 0.00000384. The van der Waals surface area contributed by atoms with E-state index in [1.54, 1.807) is 48.5 Å². The van der Waals surface area contributed by atoms with Crippen LogP contribution in [-0.4, -0.2) is 57.1 Å². The van der Waals surface area contributed by atoms with Crippen LogP contribution in [0.3, 0.4) is 0 Å². The number of carboxylic acids is 1. The second-order valence-electron chi connectivity index (χ2n) is 11.8. The van der Waals surface area contributed by atoms with Crippen molar-refractivity contribution in [1.82, 2.24) is 4.90 Å². The Morgan fingerprint density at radius 3 is 2.23 bits per heavy atom. The Bertz CT molecular complexity index is 1510. The molecule has 3 aliphatic rings. The first-order valence-corrected chi connectivity index (χ1v) is 14.8. The standard InChI is InChI=1S/C33H35ClN2O7.Na/c1-21(2)32(41)31(29(40)35-25-11-7-4-8-12-25)30(43-31,22-9-5-3-6-10-22)33(23-13-15-24(34)16-14-23)36(32)18-17-27(42-33)19-26(37)20-28(38)39;/h3-16,21,26-27,37,41H,17-20H2,1-2H3,(H,35,40)(H,38,39);/q;+1/p-1. The maximum atomic E-state index is 14.6. The average molecular weight is 629 g/mol. The first-order chi connectivity index (χ1) is 20.5. The van der Waals surface area contributed by atoms with Crippen molar-refractivity contribution in [3.8, 4) is 0 Å². The van der Waals surface area contributed by atoms with E-state index < -0.39 is 59.1 Å². The zero-order valence-electron chi connectivity index (χ0n) is 24.9. The predicted octanol–water partition coefficient (Wildman–Crippen LogP) is 0.140. The van der Waals surface area contributed by atoms with E-state index in [4.69, 9.17) is 21.1 Å². The van der Waals surface area contributed by atoms with Gasteiger partial charge in [0.2, 0.25) is 5.60 Å². The number of anilines is 1. The molecule has 226 valence electrons. The molecule has 0 aromatic heterocycles. The van der Waals surface area contributed by atoms with Gasteiger partial charge in [0.05, 0.1) is 12.2 Å². The fraction of sp³-hybridized carbons (Fsp3) is 0.394. The third-order valence-electron chi connectivity index (χ3n) is 9.07. The molecule has 0 radical (unpaired) electrons. The molecule has 3 saturated heterocycles. The van der Waals surface area contributed by atoms with Crippen LogP contribution in [0.5, 0.6) is 0 Å². The van der Waals surface area contributed by atoms with Crippen molar-refractivity contribution in [1.29, 1.82) is 0 Å². The van der Waals surface area contributed by atoms with Crippen molar-refractivity contribution in [3.05, 3.63) is 101 Å². The molecule has 3 N–H and O–H groups in total. The van der Waals surface area contributed by atoms with Gasteiger partial charge >= 0.3 is 29.6 Å². The van der Waals surface area contributed by atoms with Crippen LogP contribution in [0.1, 0.15) is 44.2 Å². The number of halogens is 1. The van der Waals surface area contributed by atoms with E-state index in [1.807, 2.05) is 55.1 Å². The molecule has 9 nitrogen and oxygen atoms in total. The van der Waals surface area contributed by atoms with Crippen LogP contribution in [0, 0.1) is 5.92 Å². The number of aliphatic carboxylic acids is 1. The molecule has 6 unspecified atom stereocenters. The largest absolute Gasteiger partial charge is 1.00 e. The smallest absolute Gasteiger partial charge is 0.550 e. The maximum absolute atomic E-state index is 14.6. The molecule has 44 heavy (non-hydrogen) atoms. The van der Waals surface area contributed by atoms with Gasteiger partial charge in [0, 0.05) is 41.6 Å². The number of hydrogen-bond acceptors (Lipinski definition) is 8. The molecule has 0 saturated carbocycles. The normalized spacial score (nSPS) is 31.4. The van der Waals surface area contributed by atoms with Crippen LogP contribution >= 0.6 is 11.6 Å². The van der Waals surface area contributed by atoms with E-state index in [1.165, 1.54) is 0 Å². The number of carbonyl (C=O) groups is 2. The van der Waals surface area contributed by atoms with Crippen molar-refractivity contribution in [2.75, 3.05) is 11.9 Å². The fourth-order valence-electron chi connectivity index (χ4n) is 7.32. The number of nitrogens with zero attached hydrogens (tertiary/aromatic N) is 1. The fourth-order valence-corrected chi connectivity index (χ4v) is 7.45. The van der Waals surface area contributed by atoms with Crippen molar-refractivity contribution < 1.29 is 63.9 Å². The van der Waals surface area contributed by atoms with E-state index in [2.05, 4.69) is 5.32 Å². The van der Waals surface area contributed by atoms with Gasteiger partial charge in [0.25, 0.3) is 5.91 Å². The number of morpholine rings is 1. The van der Waals surface area contributed by atoms with Gasteiger partial charge in [-0.1, -0.05) is 86.1 Å². The van der Waals surface area contributed by atoms with Gasteiger partial charge in [0.15, 0.2) is 17.1 Å². The van der Waals surface area contributed by atoms with Gasteiger partial charge in [-0.25, -0.2) is 4.90 Å². The van der Waals surface area contributed by atoms with Gasteiger partial charge in [-0.2, -0.15) is 0 Å². The molecule has 3 aliphatic heterocycles. The van der Waals surface area contributed by atoms with Crippen molar-refractivity contribution in [2.24, 2.45) is 5.92 Å². The second-order valence-corrected chi connectivity index (χ2v) is 12.3. The summed E-state index contributed by atoms with van der Waals surface area (Å²) >= 11 is 6.32. The Labute approximate surface area is 283 Å². The number of amides is 1. The van der Waals surface area contributed by atoms with E-state index in [0.29, 0.717) is 28.3 Å². The van der Waals surface area contributed by atoms with E-state index in [0.717, 1.165) is 0 Å². The second kappa shape index (κ2) is 12.1. The maximum Gasteiger partial charge on any atom is 1.00 e. The van der Waals surface area contributed by atoms with Crippen molar-refractivity contribution in [2.45, 2.75) is 68.0 Å². The molecule has 3 aromatic carbocycles. The summed E-state index contributed by atoms with van der Waals surface area (Å²) in [6, 6.07) is 25.2. The molecule has 11 heteroatoms. The van der Waals surface area contributed by atoms with Crippen LogP contribution in [0.25, 0.3) is 0 Å². The third kappa shape index (κ3) is 4.68. The summed E-state index contributed by atoms with van der Waals surface area (Å²) < 4.78 is 13.8. The van der Waals surface area contributed by atoms with Crippen LogP contribution in [-0.2, 0) is 30.4 Å². The predicted molar refractivity (Wildman–Crippen MR) is 156 cm³/mol. The molecule has 6 atom stereocenters. The first kappa shape index (κ1) is 33.1. The Kier molecular flexibility index (Phi) is 9.12. The Morgan fingerprint density at radius 1 is 1.02 bits per heavy atom. The Hall–Kier alpha value is -2.31. The molecule has 6 rings (SSSR count). The molecule has 3 fully saturated rings. The summed E-state index contributed by atoms with van der Waals surface area (Å²) in [7, 11) is 0. The Morgan fingerprint density at radius 2 is 1.64 bits per heavy atom. The SMILES string of the molecule is CC(C)C1(O)N2CCC(CC(O)CC(=O)[O-])OC2(c2ccc(Cl)cc2)C2(c3ccccc3)OC12C(=O)Nc1ccccc1.[Na+]. The van der Waals surface area contributed by atoms with E-state index in [-0.39, 0.29) is 42.5 Å². The molecule has 3 aromatic rings. The number of benzene rings is 3. The molecule has 0 spiro atoms. The minimum absolute atomic E-state index is 0. The van der Waals surface area contributed by atoms with Gasteiger partial charge in [-0.15, -0.1) is 0 Å². The number of carboxylic acid groups (broad SMARTS) is 1. The third-order valence-corrected chi connectivity index (χ3v) is 9.32. The minimum Gasteiger partial charge on any atom is -0.550 e.